The minimum Gasteiger partial charge on any atom is -0.495 e. The molecule has 0 aliphatic heterocycles. The molecule has 74 valence electrons. The van der Waals surface area contributed by atoms with Crippen LogP contribution in [0.1, 0.15) is 38.2 Å². The zero-order valence-electron chi connectivity index (χ0n) is 8.01. The summed E-state index contributed by atoms with van der Waals surface area (Å²) in [7, 11) is 0. The third-order valence-electron chi connectivity index (χ3n) is 2.16. The standard InChI is InChI=1S/C10H17NO2/c1-2-3-4-5-6-8-7-9(12)11-10(8)13/h7,11-13H,2-6H2,1H3. The first-order valence-corrected chi connectivity index (χ1v) is 4.84. The summed E-state index contributed by atoms with van der Waals surface area (Å²) in [6, 6.07) is 1.58. The van der Waals surface area contributed by atoms with E-state index >= 15 is 0 Å². The summed E-state index contributed by atoms with van der Waals surface area (Å²) in [4.78, 5) is 2.46. The number of aromatic nitrogens is 1. The lowest BCUT2D eigenvalue weighted by Gasteiger charge is -1.97. The zero-order chi connectivity index (χ0) is 9.68. The van der Waals surface area contributed by atoms with E-state index in [2.05, 4.69) is 11.9 Å². The molecule has 1 heterocycles. The molecule has 3 heteroatoms. The number of unbranched alkanes of at least 4 members (excludes halogenated alkanes) is 3. The lowest BCUT2D eigenvalue weighted by atomic mass is 10.1. The maximum Gasteiger partial charge on any atom is 0.194 e. The highest BCUT2D eigenvalue weighted by Crippen LogP contribution is 2.23. The van der Waals surface area contributed by atoms with Crippen molar-refractivity contribution in [2.45, 2.75) is 39.0 Å². The molecule has 3 N–H and O–H groups in total. The van der Waals surface area contributed by atoms with Crippen LogP contribution in [0, 0.1) is 0 Å². The molecule has 0 bridgehead atoms. The Balaban J connectivity index is 2.32. The van der Waals surface area contributed by atoms with E-state index in [1.807, 2.05) is 0 Å². The van der Waals surface area contributed by atoms with Gasteiger partial charge in [0.1, 0.15) is 0 Å². The molecule has 1 aromatic rings. The molecular weight excluding hydrogens is 166 g/mol. The molecule has 0 spiro atoms. The van der Waals surface area contributed by atoms with Gasteiger partial charge in [-0.05, 0) is 12.8 Å². The molecule has 0 radical (unpaired) electrons. The van der Waals surface area contributed by atoms with E-state index in [9.17, 15) is 5.11 Å². The number of hydrogen-bond acceptors (Lipinski definition) is 2. The van der Waals surface area contributed by atoms with Gasteiger partial charge in [0.05, 0.1) is 0 Å². The Morgan fingerprint density at radius 3 is 2.54 bits per heavy atom. The van der Waals surface area contributed by atoms with E-state index in [1.165, 1.54) is 19.3 Å². The number of rotatable bonds is 5. The van der Waals surface area contributed by atoms with Gasteiger partial charge < -0.3 is 10.2 Å². The number of aromatic hydroxyl groups is 2. The number of aryl methyl sites for hydroxylation is 1. The topological polar surface area (TPSA) is 56.2 Å². The molecule has 0 fully saturated rings. The Hall–Kier alpha value is -1.12. The Labute approximate surface area is 78.4 Å². The van der Waals surface area contributed by atoms with E-state index in [1.54, 1.807) is 6.07 Å². The first-order valence-electron chi connectivity index (χ1n) is 4.84. The molecule has 1 aromatic heterocycles. The van der Waals surface area contributed by atoms with E-state index < -0.39 is 0 Å². The quantitative estimate of drug-likeness (QED) is 0.614. The Kier molecular flexibility index (Phi) is 3.68. The normalized spacial score (nSPS) is 10.5. The fourth-order valence-corrected chi connectivity index (χ4v) is 1.40. The van der Waals surface area contributed by atoms with Crippen molar-refractivity contribution >= 4 is 0 Å². The molecule has 0 saturated heterocycles. The number of hydrogen-bond donors (Lipinski definition) is 3. The van der Waals surface area contributed by atoms with Gasteiger partial charge in [-0.3, -0.25) is 4.98 Å². The summed E-state index contributed by atoms with van der Waals surface area (Å²) >= 11 is 0. The van der Waals surface area contributed by atoms with Crippen LogP contribution in [0.25, 0.3) is 0 Å². The van der Waals surface area contributed by atoms with Crippen LogP contribution in [-0.4, -0.2) is 15.2 Å². The summed E-state index contributed by atoms with van der Waals surface area (Å²) in [5, 5.41) is 18.3. The maximum absolute atomic E-state index is 9.27. The second-order valence-electron chi connectivity index (χ2n) is 3.34. The van der Waals surface area contributed by atoms with Crippen molar-refractivity contribution in [2.24, 2.45) is 0 Å². The van der Waals surface area contributed by atoms with Crippen LogP contribution in [0.3, 0.4) is 0 Å². The SMILES string of the molecule is CCCCCCc1cc(O)[nH]c1O. The Morgan fingerprint density at radius 1 is 1.23 bits per heavy atom. The van der Waals surface area contributed by atoms with Crippen LogP contribution < -0.4 is 0 Å². The van der Waals surface area contributed by atoms with Gasteiger partial charge >= 0.3 is 0 Å². The summed E-state index contributed by atoms with van der Waals surface area (Å²) in [6.07, 6.45) is 5.53. The van der Waals surface area contributed by atoms with E-state index in [4.69, 9.17) is 5.11 Å². The molecule has 0 aromatic carbocycles. The molecular formula is C10H17NO2. The predicted molar refractivity (Wildman–Crippen MR) is 52.0 cm³/mol. The van der Waals surface area contributed by atoms with Crippen LogP contribution >= 0.6 is 0 Å². The maximum atomic E-state index is 9.27. The number of aromatic amines is 1. The fraction of sp³-hybridized carbons (Fsp3) is 0.600. The van der Waals surface area contributed by atoms with E-state index in [-0.39, 0.29) is 11.8 Å². The van der Waals surface area contributed by atoms with Gasteiger partial charge in [0.15, 0.2) is 11.8 Å². The van der Waals surface area contributed by atoms with Gasteiger partial charge in [-0.2, -0.15) is 0 Å². The lowest BCUT2D eigenvalue weighted by molar-refractivity contribution is 0.423. The smallest absolute Gasteiger partial charge is 0.194 e. The van der Waals surface area contributed by atoms with Crippen molar-refractivity contribution in [3.8, 4) is 11.8 Å². The van der Waals surface area contributed by atoms with Gasteiger partial charge in [-0.25, -0.2) is 0 Å². The average Bonchev–Trinajstić information content (AvgIpc) is 2.39. The monoisotopic (exact) mass is 183 g/mol. The highest BCUT2D eigenvalue weighted by molar-refractivity contribution is 5.32. The first-order chi connectivity index (χ1) is 6.24. The van der Waals surface area contributed by atoms with Gasteiger partial charge in [0.25, 0.3) is 0 Å². The molecule has 0 saturated carbocycles. The van der Waals surface area contributed by atoms with Crippen LogP contribution in [0.4, 0.5) is 0 Å². The van der Waals surface area contributed by atoms with Gasteiger partial charge in [-0.15, -0.1) is 0 Å². The van der Waals surface area contributed by atoms with Gasteiger partial charge in [-0.1, -0.05) is 26.2 Å². The second-order valence-corrected chi connectivity index (χ2v) is 3.34. The van der Waals surface area contributed by atoms with Crippen LogP contribution in [0.2, 0.25) is 0 Å². The Bertz CT molecular complexity index is 255. The number of H-pyrrole nitrogens is 1. The molecule has 0 aliphatic rings. The highest BCUT2D eigenvalue weighted by atomic mass is 16.3. The van der Waals surface area contributed by atoms with E-state index in [0.29, 0.717) is 0 Å². The van der Waals surface area contributed by atoms with Crippen molar-refractivity contribution in [3.05, 3.63) is 11.6 Å². The second kappa shape index (κ2) is 4.80. The molecule has 3 nitrogen and oxygen atoms in total. The predicted octanol–water partition coefficient (Wildman–Crippen LogP) is 2.55. The minimum atomic E-state index is 0.0444. The molecule has 0 atom stereocenters. The first kappa shape index (κ1) is 9.96. The van der Waals surface area contributed by atoms with Crippen molar-refractivity contribution in [1.29, 1.82) is 0 Å². The van der Waals surface area contributed by atoms with Crippen LogP contribution in [0.5, 0.6) is 11.8 Å². The van der Waals surface area contributed by atoms with Crippen molar-refractivity contribution in [1.82, 2.24) is 4.98 Å². The third kappa shape index (κ3) is 3.01. The molecule has 1 rings (SSSR count). The lowest BCUT2D eigenvalue weighted by Crippen LogP contribution is -1.83. The molecule has 0 aliphatic carbocycles. The molecule has 0 unspecified atom stereocenters. The summed E-state index contributed by atoms with van der Waals surface area (Å²) in [6.45, 7) is 2.17. The highest BCUT2D eigenvalue weighted by Gasteiger charge is 2.04. The van der Waals surface area contributed by atoms with Gasteiger partial charge in [0, 0.05) is 11.6 Å². The van der Waals surface area contributed by atoms with E-state index in [0.717, 1.165) is 18.4 Å². The summed E-state index contributed by atoms with van der Waals surface area (Å²) in [5.74, 6) is 0.150. The third-order valence-corrected chi connectivity index (χ3v) is 2.16. The van der Waals surface area contributed by atoms with Gasteiger partial charge in [0.2, 0.25) is 0 Å². The summed E-state index contributed by atoms with van der Waals surface area (Å²) < 4.78 is 0. The zero-order valence-corrected chi connectivity index (χ0v) is 8.01. The van der Waals surface area contributed by atoms with Crippen molar-refractivity contribution in [2.75, 3.05) is 0 Å². The average molecular weight is 183 g/mol. The van der Waals surface area contributed by atoms with Crippen LogP contribution in [0.15, 0.2) is 6.07 Å². The number of nitrogens with one attached hydrogen (secondary N) is 1. The Morgan fingerprint density at radius 2 is 2.00 bits per heavy atom. The van der Waals surface area contributed by atoms with Crippen molar-refractivity contribution < 1.29 is 10.2 Å². The minimum absolute atomic E-state index is 0.0444. The summed E-state index contributed by atoms with van der Waals surface area (Å²) in [5.41, 5.74) is 0.814. The van der Waals surface area contributed by atoms with Crippen molar-refractivity contribution in [3.63, 3.8) is 0 Å². The molecule has 0 amide bonds. The largest absolute Gasteiger partial charge is 0.495 e. The fourth-order valence-electron chi connectivity index (χ4n) is 1.40. The van der Waals surface area contributed by atoms with Crippen LogP contribution in [-0.2, 0) is 6.42 Å². The molecule has 13 heavy (non-hydrogen) atoms.